The van der Waals surface area contributed by atoms with Crippen LogP contribution in [0.2, 0.25) is 0 Å². The zero-order valence-electron chi connectivity index (χ0n) is 14.0. The highest BCUT2D eigenvalue weighted by atomic mass is 16.6. The van der Waals surface area contributed by atoms with Crippen LogP contribution in [0.1, 0.15) is 39.2 Å². The second-order valence-corrected chi connectivity index (χ2v) is 7.51. The summed E-state index contributed by atoms with van der Waals surface area (Å²) in [5.41, 5.74) is 1.58. The minimum atomic E-state index is -0.511. The minimum absolute atomic E-state index is 0.0625. The Kier molecular flexibility index (Phi) is 3.82. The van der Waals surface area contributed by atoms with Crippen LogP contribution in [-0.2, 0) is 14.9 Å². The number of hydrogen-bond donors (Lipinski definition) is 0. The lowest BCUT2D eigenvalue weighted by atomic mass is 9.74. The van der Waals surface area contributed by atoms with E-state index in [9.17, 15) is 9.59 Å². The van der Waals surface area contributed by atoms with Gasteiger partial charge in [0, 0.05) is 25.0 Å². The summed E-state index contributed by atoms with van der Waals surface area (Å²) in [6.45, 7) is 7.75. The molecule has 2 amide bonds. The van der Waals surface area contributed by atoms with Crippen molar-refractivity contribution < 1.29 is 14.3 Å². The van der Waals surface area contributed by atoms with Crippen LogP contribution < -0.4 is 4.90 Å². The lowest BCUT2D eigenvalue weighted by molar-refractivity contribution is -0.119. The summed E-state index contributed by atoms with van der Waals surface area (Å²) in [6.07, 6.45) is 2.38. The van der Waals surface area contributed by atoms with Crippen molar-refractivity contribution in [2.45, 2.75) is 44.6 Å². The van der Waals surface area contributed by atoms with Gasteiger partial charge in [-0.3, -0.25) is 9.69 Å². The molecule has 124 valence electrons. The predicted octanol–water partition coefficient (Wildman–Crippen LogP) is 2.93. The SMILES string of the molecule is CC(C)(C)OC(=O)N1CC2(CCN(C=O)CC2)c2ccccc21. The Labute approximate surface area is 137 Å². The Morgan fingerprint density at radius 1 is 1.22 bits per heavy atom. The van der Waals surface area contributed by atoms with Gasteiger partial charge in [-0.05, 0) is 45.2 Å². The largest absolute Gasteiger partial charge is 0.443 e. The molecular weight excluding hydrogens is 292 g/mol. The number of anilines is 1. The highest BCUT2D eigenvalue weighted by Gasteiger charge is 2.46. The van der Waals surface area contributed by atoms with Crippen molar-refractivity contribution in [1.29, 1.82) is 0 Å². The molecule has 0 radical (unpaired) electrons. The van der Waals surface area contributed by atoms with Crippen LogP contribution in [0, 0.1) is 0 Å². The van der Waals surface area contributed by atoms with E-state index in [0.717, 1.165) is 38.0 Å². The fraction of sp³-hybridized carbons (Fsp3) is 0.556. The molecular formula is C18H24N2O3. The van der Waals surface area contributed by atoms with E-state index >= 15 is 0 Å². The first-order valence-electron chi connectivity index (χ1n) is 8.14. The fourth-order valence-corrected chi connectivity index (χ4v) is 3.60. The van der Waals surface area contributed by atoms with Crippen LogP contribution in [-0.4, -0.2) is 42.6 Å². The number of hydrogen-bond acceptors (Lipinski definition) is 3. The minimum Gasteiger partial charge on any atom is -0.443 e. The number of para-hydroxylation sites is 1. The molecule has 5 heteroatoms. The molecule has 5 nitrogen and oxygen atoms in total. The molecule has 1 saturated heterocycles. The first kappa shape index (κ1) is 15.8. The number of amides is 2. The Hall–Kier alpha value is -2.04. The van der Waals surface area contributed by atoms with Gasteiger partial charge in [0.25, 0.3) is 0 Å². The number of likely N-dealkylation sites (tertiary alicyclic amines) is 1. The van der Waals surface area contributed by atoms with Gasteiger partial charge in [0.1, 0.15) is 5.60 Å². The summed E-state index contributed by atoms with van der Waals surface area (Å²) in [5.74, 6) is 0. The van der Waals surface area contributed by atoms with E-state index in [1.54, 1.807) is 4.90 Å². The molecule has 2 aliphatic rings. The van der Waals surface area contributed by atoms with Gasteiger partial charge in [0.15, 0.2) is 0 Å². The van der Waals surface area contributed by atoms with Gasteiger partial charge in [-0.15, -0.1) is 0 Å². The molecule has 0 N–H and O–H groups in total. The van der Waals surface area contributed by atoms with E-state index in [1.807, 2.05) is 43.9 Å². The number of nitrogens with zero attached hydrogens (tertiary/aromatic N) is 2. The van der Waals surface area contributed by atoms with Gasteiger partial charge in [0.2, 0.25) is 6.41 Å². The maximum atomic E-state index is 12.6. The van der Waals surface area contributed by atoms with Crippen LogP contribution in [0.5, 0.6) is 0 Å². The average Bonchev–Trinajstić information content (AvgIpc) is 2.82. The van der Waals surface area contributed by atoms with Gasteiger partial charge in [-0.1, -0.05) is 18.2 Å². The highest BCUT2D eigenvalue weighted by Crippen LogP contribution is 2.47. The number of ether oxygens (including phenoxy) is 1. The molecule has 23 heavy (non-hydrogen) atoms. The molecule has 1 aromatic rings. The van der Waals surface area contributed by atoms with Crippen molar-refractivity contribution >= 4 is 18.2 Å². The monoisotopic (exact) mass is 316 g/mol. The summed E-state index contributed by atoms with van der Waals surface area (Å²) < 4.78 is 5.58. The quantitative estimate of drug-likeness (QED) is 0.749. The topological polar surface area (TPSA) is 49.9 Å². The standard InChI is InChI=1S/C18H24N2O3/c1-17(2,3)23-16(22)20-12-18(8-10-19(13-21)11-9-18)14-6-4-5-7-15(14)20/h4-7,13H,8-12H2,1-3H3. The lowest BCUT2D eigenvalue weighted by Crippen LogP contribution is -2.46. The molecule has 2 heterocycles. The third-order valence-electron chi connectivity index (χ3n) is 4.75. The number of benzene rings is 1. The number of fused-ring (bicyclic) bond motifs is 2. The van der Waals surface area contributed by atoms with E-state index in [1.165, 1.54) is 5.56 Å². The smallest absolute Gasteiger partial charge is 0.414 e. The van der Waals surface area contributed by atoms with E-state index in [0.29, 0.717) is 6.54 Å². The third-order valence-corrected chi connectivity index (χ3v) is 4.75. The van der Waals surface area contributed by atoms with Crippen molar-refractivity contribution in [3.63, 3.8) is 0 Å². The predicted molar refractivity (Wildman–Crippen MR) is 88.6 cm³/mol. The van der Waals surface area contributed by atoms with Gasteiger partial charge in [-0.2, -0.15) is 0 Å². The van der Waals surface area contributed by atoms with E-state index in [2.05, 4.69) is 6.07 Å². The first-order chi connectivity index (χ1) is 10.8. The van der Waals surface area contributed by atoms with Crippen LogP contribution in [0.3, 0.4) is 0 Å². The zero-order valence-corrected chi connectivity index (χ0v) is 14.0. The molecule has 1 fully saturated rings. The molecule has 0 saturated carbocycles. The Morgan fingerprint density at radius 2 is 1.87 bits per heavy atom. The lowest BCUT2D eigenvalue weighted by Gasteiger charge is -2.38. The fourth-order valence-electron chi connectivity index (χ4n) is 3.60. The van der Waals surface area contributed by atoms with Crippen molar-refractivity contribution in [3.05, 3.63) is 29.8 Å². The summed E-state index contributed by atoms with van der Waals surface area (Å²) in [4.78, 5) is 27.2. The van der Waals surface area contributed by atoms with Crippen LogP contribution in [0.15, 0.2) is 24.3 Å². The normalized spacial score (nSPS) is 19.6. The third kappa shape index (κ3) is 2.92. The summed E-state index contributed by atoms with van der Waals surface area (Å²) in [6, 6.07) is 8.07. The molecule has 0 atom stereocenters. The second-order valence-electron chi connectivity index (χ2n) is 7.51. The van der Waals surface area contributed by atoms with E-state index < -0.39 is 5.60 Å². The van der Waals surface area contributed by atoms with Crippen LogP contribution in [0.25, 0.3) is 0 Å². The Bertz CT molecular complexity index is 613. The maximum absolute atomic E-state index is 12.6. The van der Waals surface area contributed by atoms with Crippen molar-refractivity contribution in [3.8, 4) is 0 Å². The van der Waals surface area contributed by atoms with Gasteiger partial charge in [0.05, 0.1) is 5.69 Å². The van der Waals surface area contributed by atoms with Crippen LogP contribution >= 0.6 is 0 Å². The number of carbonyl (C=O) groups is 2. The maximum Gasteiger partial charge on any atom is 0.414 e. The first-order valence-corrected chi connectivity index (χ1v) is 8.14. The van der Waals surface area contributed by atoms with Gasteiger partial charge < -0.3 is 9.64 Å². The zero-order chi connectivity index (χ0) is 16.7. The van der Waals surface area contributed by atoms with E-state index in [-0.39, 0.29) is 11.5 Å². The van der Waals surface area contributed by atoms with E-state index in [4.69, 9.17) is 4.74 Å². The number of carbonyl (C=O) groups excluding carboxylic acids is 2. The number of piperidine rings is 1. The van der Waals surface area contributed by atoms with Gasteiger partial charge in [-0.25, -0.2) is 4.79 Å². The summed E-state index contributed by atoms with van der Waals surface area (Å²) in [7, 11) is 0. The molecule has 1 spiro atoms. The van der Waals surface area contributed by atoms with Crippen molar-refractivity contribution in [1.82, 2.24) is 4.90 Å². The molecule has 2 aliphatic heterocycles. The molecule has 0 bridgehead atoms. The Balaban J connectivity index is 1.89. The Morgan fingerprint density at radius 3 is 2.48 bits per heavy atom. The number of rotatable bonds is 1. The summed E-state index contributed by atoms with van der Waals surface area (Å²) >= 11 is 0. The second kappa shape index (κ2) is 5.55. The van der Waals surface area contributed by atoms with Crippen molar-refractivity contribution in [2.24, 2.45) is 0 Å². The van der Waals surface area contributed by atoms with Crippen LogP contribution in [0.4, 0.5) is 10.5 Å². The average molecular weight is 316 g/mol. The molecule has 0 unspecified atom stereocenters. The summed E-state index contributed by atoms with van der Waals surface area (Å²) in [5, 5.41) is 0. The van der Waals surface area contributed by atoms with Gasteiger partial charge >= 0.3 is 6.09 Å². The molecule has 1 aromatic carbocycles. The van der Waals surface area contributed by atoms with Crippen molar-refractivity contribution in [2.75, 3.05) is 24.5 Å². The molecule has 0 aliphatic carbocycles. The molecule has 3 rings (SSSR count). The molecule has 0 aromatic heterocycles. The highest BCUT2D eigenvalue weighted by molar-refractivity contribution is 5.91.